The van der Waals surface area contributed by atoms with Gasteiger partial charge in [0.05, 0.1) is 0 Å². The molecule has 1 N–H and O–H groups in total. The van der Waals surface area contributed by atoms with Crippen molar-refractivity contribution in [3.05, 3.63) is 58.4 Å². The summed E-state index contributed by atoms with van der Waals surface area (Å²) >= 11 is 2.19. The van der Waals surface area contributed by atoms with Gasteiger partial charge in [-0.25, -0.2) is 9.97 Å². The standard InChI is InChI=1S/C14H10IN3/c15-12-8-16-14(17-9-12)18-13-6-5-10-3-1-2-4-11(10)7-13/h1-9H,(H,16,17,18). The molecule has 0 amide bonds. The molecule has 0 radical (unpaired) electrons. The van der Waals surface area contributed by atoms with Gasteiger partial charge in [0.2, 0.25) is 5.95 Å². The van der Waals surface area contributed by atoms with Crippen molar-refractivity contribution in [2.45, 2.75) is 0 Å². The smallest absolute Gasteiger partial charge is 0.227 e. The quantitative estimate of drug-likeness (QED) is 0.713. The Hall–Kier alpha value is -1.69. The van der Waals surface area contributed by atoms with E-state index in [0.717, 1.165) is 9.26 Å². The molecule has 0 unspecified atom stereocenters. The Labute approximate surface area is 118 Å². The van der Waals surface area contributed by atoms with E-state index in [1.165, 1.54) is 10.8 Å². The van der Waals surface area contributed by atoms with Gasteiger partial charge < -0.3 is 5.32 Å². The summed E-state index contributed by atoms with van der Waals surface area (Å²) in [6.45, 7) is 0. The Morgan fingerprint density at radius 1 is 0.889 bits per heavy atom. The minimum Gasteiger partial charge on any atom is -0.324 e. The third kappa shape index (κ3) is 2.43. The number of anilines is 2. The summed E-state index contributed by atoms with van der Waals surface area (Å²) in [6.07, 6.45) is 3.58. The van der Waals surface area contributed by atoms with E-state index in [-0.39, 0.29) is 0 Å². The van der Waals surface area contributed by atoms with Crippen molar-refractivity contribution in [1.29, 1.82) is 0 Å². The number of aromatic nitrogens is 2. The first-order chi connectivity index (χ1) is 8.81. The van der Waals surface area contributed by atoms with E-state index in [0.29, 0.717) is 5.95 Å². The fraction of sp³-hybridized carbons (Fsp3) is 0. The van der Waals surface area contributed by atoms with Crippen LogP contribution >= 0.6 is 22.6 Å². The van der Waals surface area contributed by atoms with Crippen molar-refractivity contribution in [1.82, 2.24) is 9.97 Å². The van der Waals surface area contributed by atoms with Gasteiger partial charge in [0.25, 0.3) is 0 Å². The molecule has 88 valence electrons. The predicted molar refractivity (Wildman–Crippen MR) is 82.0 cm³/mol. The van der Waals surface area contributed by atoms with Crippen LogP contribution in [-0.2, 0) is 0 Å². The zero-order chi connectivity index (χ0) is 12.4. The molecular formula is C14H10IN3. The largest absolute Gasteiger partial charge is 0.324 e. The lowest BCUT2D eigenvalue weighted by Crippen LogP contribution is -1.96. The van der Waals surface area contributed by atoms with E-state index < -0.39 is 0 Å². The lowest BCUT2D eigenvalue weighted by Gasteiger charge is -2.05. The molecule has 1 heterocycles. The van der Waals surface area contributed by atoms with Crippen LogP contribution in [0.2, 0.25) is 0 Å². The molecule has 0 fully saturated rings. The molecule has 0 saturated heterocycles. The summed E-state index contributed by atoms with van der Waals surface area (Å²) in [4.78, 5) is 8.45. The molecular weight excluding hydrogens is 337 g/mol. The zero-order valence-corrected chi connectivity index (χ0v) is 11.6. The maximum Gasteiger partial charge on any atom is 0.227 e. The second kappa shape index (κ2) is 4.89. The van der Waals surface area contributed by atoms with Crippen LogP contribution in [0.5, 0.6) is 0 Å². The summed E-state index contributed by atoms with van der Waals surface area (Å²) in [5, 5.41) is 5.63. The normalized spacial score (nSPS) is 10.5. The molecule has 4 heteroatoms. The van der Waals surface area contributed by atoms with Crippen LogP contribution in [0.4, 0.5) is 11.6 Å². The van der Waals surface area contributed by atoms with E-state index in [2.05, 4.69) is 62.1 Å². The topological polar surface area (TPSA) is 37.8 Å². The number of fused-ring (bicyclic) bond motifs is 1. The lowest BCUT2D eigenvalue weighted by molar-refractivity contribution is 1.15. The van der Waals surface area contributed by atoms with Crippen molar-refractivity contribution in [2.24, 2.45) is 0 Å². The Morgan fingerprint density at radius 2 is 1.61 bits per heavy atom. The molecule has 2 aromatic carbocycles. The van der Waals surface area contributed by atoms with Gasteiger partial charge in [-0.3, -0.25) is 0 Å². The van der Waals surface area contributed by atoms with Gasteiger partial charge in [-0.15, -0.1) is 0 Å². The zero-order valence-electron chi connectivity index (χ0n) is 9.47. The molecule has 0 aliphatic heterocycles. The third-order valence-corrected chi connectivity index (χ3v) is 3.18. The number of rotatable bonds is 2. The van der Waals surface area contributed by atoms with Gasteiger partial charge >= 0.3 is 0 Å². The number of nitrogens with one attached hydrogen (secondary N) is 1. The maximum absolute atomic E-state index is 4.22. The van der Waals surface area contributed by atoms with E-state index in [9.17, 15) is 0 Å². The summed E-state index contributed by atoms with van der Waals surface area (Å²) in [6, 6.07) is 14.5. The third-order valence-electron chi connectivity index (χ3n) is 2.63. The fourth-order valence-electron chi connectivity index (χ4n) is 1.77. The van der Waals surface area contributed by atoms with Crippen LogP contribution in [0.1, 0.15) is 0 Å². The number of hydrogen-bond acceptors (Lipinski definition) is 3. The number of nitrogens with zero attached hydrogens (tertiary/aromatic N) is 2. The molecule has 0 saturated carbocycles. The van der Waals surface area contributed by atoms with Crippen LogP contribution < -0.4 is 5.32 Å². The van der Waals surface area contributed by atoms with Gasteiger partial charge in [-0.1, -0.05) is 30.3 Å². The van der Waals surface area contributed by atoms with Crippen LogP contribution in [0.15, 0.2) is 54.9 Å². The molecule has 0 bridgehead atoms. The van der Waals surface area contributed by atoms with E-state index in [1.54, 1.807) is 12.4 Å². The van der Waals surface area contributed by atoms with Crippen LogP contribution in [0, 0.1) is 3.57 Å². The molecule has 0 aliphatic rings. The molecule has 1 aromatic heterocycles. The Kier molecular flexibility index (Phi) is 3.10. The van der Waals surface area contributed by atoms with Crippen LogP contribution in [0.25, 0.3) is 10.8 Å². The highest BCUT2D eigenvalue weighted by Gasteiger charge is 1.99. The van der Waals surface area contributed by atoms with E-state index in [4.69, 9.17) is 0 Å². The SMILES string of the molecule is Ic1cnc(Nc2ccc3ccccc3c2)nc1. The van der Waals surface area contributed by atoms with Crippen molar-refractivity contribution >= 4 is 45.0 Å². The van der Waals surface area contributed by atoms with E-state index in [1.807, 2.05) is 18.2 Å². The minimum atomic E-state index is 0.616. The van der Waals surface area contributed by atoms with Gasteiger partial charge in [0.15, 0.2) is 0 Å². The first kappa shape index (κ1) is 11.4. The molecule has 0 atom stereocenters. The molecule has 3 rings (SSSR count). The minimum absolute atomic E-state index is 0.616. The number of halogens is 1. The molecule has 3 aromatic rings. The van der Waals surface area contributed by atoms with Crippen molar-refractivity contribution in [3.63, 3.8) is 0 Å². The molecule has 3 nitrogen and oxygen atoms in total. The van der Waals surface area contributed by atoms with Gasteiger partial charge in [-0.05, 0) is 45.5 Å². The monoisotopic (exact) mass is 347 g/mol. The highest BCUT2D eigenvalue weighted by atomic mass is 127. The second-order valence-electron chi connectivity index (χ2n) is 3.91. The van der Waals surface area contributed by atoms with Crippen molar-refractivity contribution < 1.29 is 0 Å². The maximum atomic E-state index is 4.22. The second-order valence-corrected chi connectivity index (χ2v) is 5.16. The number of hydrogen-bond donors (Lipinski definition) is 1. The average molecular weight is 347 g/mol. The first-order valence-electron chi connectivity index (χ1n) is 5.55. The van der Waals surface area contributed by atoms with Crippen molar-refractivity contribution in [2.75, 3.05) is 5.32 Å². The molecule has 18 heavy (non-hydrogen) atoms. The van der Waals surface area contributed by atoms with Gasteiger partial charge in [-0.2, -0.15) is 0 Å². The summed E-state index contributed by atoms with van der Waals surface area (Å²) in [5.41, 5.74) is 0.995. The fourth-order valence-corrected chi connectivity index (χ4v) is 2.05. The Morgan fingerprint density at radius 3 is 2.39 bits per heavy atom. The molecule has 0 aliphatic carbocycles. The lowest BCUT2D eigenvalue weighted by atomic mass is 10.1. The Bertz CT molecular complexity index is 680. The first-order valence-corrected chi connectivity index (χ1v) is 6.62. The summed E-state index contributed by atoms with van der Waals surface area (Å²) < 4.78 is 1.02. The van der Waals surface area contributed by atoms with E-state index >= 15 is 0 Å². The number of benzene rings is 2. The highest BCUT2D eigenvalue weighted by Crippen LogP contribution is 2.20. The van der Waals surface area contributed by atoms with Crippen LogP contribution in [-0.4, -0.2) is 9.97 Å². The van der Waals surface area contributed by atoms with Crippen LogP contribution in [0.3, 0.4) is 0 Å². The van der Waals surface area contributed by atoms with Crippen molar-refractivity contribution in [3.8, 4) is 0 Å². The molecule has 0 spiro atoms. The summed E-state index contributed by atoms with van der Waals surface area (Å²) in [5.74, 6) is 0.616. The van der Waals surface area contributed by atoms with Gasteiger partial charge in [0, 0.05) is 21.7 Å². The highest BCUT2D eigenvalue weighted by molar-refractivity contribution is 14.1. The average Bonchev–Trinajstić information content (AvgIpc) is 2.41. The predicted octanol–water partition coefficient (Wildman–Crippen LogP) is 3.98. The summed E-state index contributed by atoms with van der Waals surface area (Å²) in [7, 11) is 0. The Balaban J connectivity index is 1.92. The van der Waals surface area contributed by atoms with Gasteiger partial charge in [0.1, 0.15) is 0 Å².